The minimum absolute atomic E-state index is 0.0351. The topological polar surface area (TPSA) is 61.5 Å². The summed E-state index contributed by atoms with van der Waals surface area (Å²) in [5.74, 6) is 4.77. The van der Waals surface area contributed by atoms with Crippen LogP contribution in [-0.2, 0) is 27.0 Å². The predicted molar refractivity (Wildman–Crippen MR) is 79.3 cm³/mol. The molecule has 2 N–H and O–H groups in total. The Morgan fingerprint density at radius 1 is 1.10 bits per heavy atom. The third-order valence-corrected chi connectivity index (χ3v) is 3.23. The molecule has 1 aromatic carbocycles. The van der Waals surface area contributed by atoms with E-state index >= 15 is 0 Å². The first-order valence-corrected chi connectivity index (χ1v) is 6.73. The zero-order valence-corrected chi connectivity index (χ0v) is 13.2. The minimum Gasteiger partial charge on any atom is -0.428 e. The molecule has 1 aromatic rings. The highest BCUT2D eigenvalue weighted by Crippen LogP contribution is 2.31. The van der Waals surface area contributed by atoms with Crippen molar-refractivity contribution in [1.29, 1.82) is 0 Å². The summed E-state index contributed by atoms with van der Waals surface area (Å²) in [7, 11) is 0. The Morgan fingerprint density at radius 2 is 1.70 bits per heavy atom. The number of rotatable bonds is 2. The van der Waals surface area contributed by atoms with Crippen LogP contribution in [0.2, 0.25) is 0 Å². The Morgan fingerprint density at radius 3 is 2.15 bits per heavy atom. The van der Waals surface area contributed by atoms with Crippen molar-refractivity contribution in [1.82, 2.24) is 0 Å². The number of ether oxygens (including phenoxy) is 1. The van der Waals surface area contributed by atoms with Gasteiger partial charge in [0.1, 0.15) is 6.61 Å². The Kier molecular flexibility index (Phi) is 4.81. The lowest BCUT2D eigenvalue weighted by atomic mass is 9.78. The van der Waals surface area contributed by atoms with E-state index in [0.29, 0.717) is 0 Å². The molecule has 0 saturated carbocycles. The summed E-state index contributed by atoms with van der Waals surface area (Å²) in [6.45, 7) is 13.1. The van der Waals surface area contributed by atoms with E-state index in [1.807, 2.05) is 6.07 Å². The molecule has 0 aliphatic carbocycles. The highest BCUT2D eigenvalue weighted by atomic mass is 16.8. The zero-order chi connectivity index (χ0) is 15.6. The van der Waals surface area contributed by atoms with Crippen molar-refractivity contribution < 1.29 is 14.4 Å². The maximum Gasteiger partial charge on any atom is 0.527 e. The second-order valence-corrected chi connectivity index (χ2v) is 7.03. The first-order valence-electron chi connectivity index (χ1n) is 6.73. The Bertz CT molecular complexity index is 481. The van der Waals surface area contributed by atoms with Crippen LogP contribution in [0, 0.1) is 0 Å². The van der Waals surface area contributed by atoms with Gasteiger partial charge in [0.15, 0.2) is 0 Å². The molecule has 112 valence electrons. The second kappa shape index (κ2) is 5.83. The van der Waals surface area contributed by atoms with Gasteiger partial charge in [-0.25, -0.2) is 4.79 Å². The van der Waals surface area contributed by atoms with Gasteiger partial charge in [0.25, 0.3) is 0 Å². The molecule has 0 radical (unpaired) electrons. The van der Waals surface area contributed by atoms with Crippen LogP contribution in [0.1, 0.15) is 58.2 Å². The van der Waals surface area contributed by atoms with E-state index < -0.39 is 6.16 Å². The van der Waals surface area contributed by atoms with Crippen LogP contribution < -0.4 is 5.90 Å². The van der Waals surface area contributed by atoms with Crippen molar-refractivity contribution >= 4 is 6.16 Å². The van der Waals surface area contributed by atoms with Gasteiger partial charge in [-0.3, -0.25) is 0 Å². The smallest absolute Gasteiger partial charge is 0.428 e. The molecular formula is C16H25NO3. The number of hydrogen-bond acceptors (Lipinski definition) is 4. The molecule has 1 rings (SSSR count). The molecule has 0 aromatic heterocycles. The summed E-state index contributed by atoms with van der Waals surface area (Å²) in [6.07, 6.45) is -0.871. The van der Waals surface area contributed by atoms with Gasteiger partial charge in [-0.15, -0.1) is 0 Å². The summed E-state index contributed by atoms with van der Waals surface area (Å²) < 4.78 is 4.95. The number of hydrogen-bond donors (Lipinski definition) is 1. The van der Waals surface area contributed by atoms with Gasteiger partial charge < -0.3 is 9.57 Å². The first kappa shape index (κ1) is 16.5. The molecule has 20 heavy (non-hydrogen) atoms. The molecule has 4 heteroatoms. The normalized spacial score (nSPS) is 12.2. The van der Waals surface area contributed by atoms with Crippen LogP contribution in [0.5, 0.6) is 0 Å². The van der Waals surface area contributed by atoms with Crippen molar-refractivity contribution in [3.05, 3.63) is 34.9 Å². The van der Waals surface area contributed by atoms with E-state index in [1.165, 1.54) is 5.56 Å². The van der Waals surface area contributed by atoms with E-state index in [0.717, 1.165) is 11.1 Å². The van der Waals surface area contributed by atoms with E-state index in [2.05, 4.69) is 58.5 Å². The maximum atomic E-state index is 11.0. The summed E-state index contributed by atoms with van der Waals surface area (Å²) in [5, 5.41) is 0. The first-order chi connectivity index (χ1) is 9.05. The number of carbonyl (C=O) groups excluding carboxylic acids is 1. The van der Waals surface area contributed by atoms with Crippen LogP contribution in [-0.4, -0.2) is 6.16 Å². The lowest BCUT2D eigenvalue weighted by molar-refractivity contribution is 0.0494. The van der Waals surface area contributed by atoms with Gasteiger partial charge >= 0.3 is 6.16 Å². The van der Waals surface area contributed by atoms with Gasteiger partial charge in [-0.1, -0.05) is 59.7 Å². The highest BCUT2D eigenvalue weighted by molar-refractivity contribution is 5.59. The molecule has 0 amide bonds. The summed E-state index contributed by atoms with van der Waals surface area (Å²) in [4.78, 5) is 15.0. The fourth-order valence-electron chi connectivity index (χ4n) is 2.04. The highest BCUT2D eigenvalue weighted by Gasteiger charge is 2.22. The van der Waals surface area contributed by atoms with Gasteiger partial charge in [0.05, 0.1) is 0 Å². The SMILES string of the molecule is CC(C)(C)c1ccc(COC(=O)ON)c(C(C)(C)C)c1. The van der Waals surface area contributed by atoms with Gasteiger partial charge in [-0.2, -0.15) is 5.90 Å². The molecule has 0 spiro atoms. The van der Waals surface area contributed by atoms with Gasteiger partial charge in [0.2, 0.25) is 0 Å². The molecule has 0 bridgehead atoms. The number of carbonyl (C=O) groups is 1. The predicted octanol–water partition coefficient (Wildman–Crippen LogP) is 3.81. The Labute approximate surface area is 121 Å². The quantitative estimate of drug-likeness (QED) is 0.660. The third kappa shape index (κ3) is 4.23. The van der Waals surface area contributed by atoms with E-state index in [4.69, 9.17) is 10.6 Å². The maximum absolute atomic E-state index is 11.0. The van der Waals surface area contributed by atoms with Gasteiger partial charge in [-0.05, 0) is 27.5 Å². The van der Waals surface area contributed by atoms with Crippen molar-refractivity contribution in [2.75, 3.05) is 0 Å². The minimum atomic E-state index is -0.871. The third-order valence-electron chi connectivity index (χ3n) is 3.23. The monoisotopic (exact) mass is 279 g/mol. The molecule has 0 atom stereocenters. The van der Waals surface area contributed by atoms with Crippen molar-refractivity contribution in [3.63, 3.8) is 0 Å². The molecular weight excluding hydrogens is 254 g/mol. The molecule has 0 unspecified atom stereocenters. The Balaban J connectivity index is 3.15. The average molecular weight is 279 g/mol. The lowest BCUT2D eigenvalue weighted by Crippen LogP contribution is -2.19. The zero-order valence-electron chi connectivity index (χ0n) is 13.2. The summed E-state index contributed by atoms with van der Waals surface area (Å²) in [5.41, 5.74) is 3.43. The van der Waals surface area contributed by atoms with Crippen LogP contribution in [0.15, 0.2) is 18.2 Å². The Hall–Kier alpha value is -1.55. The van der Waals surface area contributed by atoms with Crippen molar-refractivity contribution in [2.45, 2.75) is 59.0 Å². The van der Waals surface area contributed by atoms with Crippen LogP contribution >= 0.6 is 0 Å². The number of nitrogens with two attached hydrogens (primary N) is 1. The summed E-state index contributed by atoms with van der Waals surface area (Å²) >= 11 is 0. The fourth-order valence-corrected chi connectivity index (χ4v) is 2.04. The summed E-state index contributed by atoms with van der Waals surface area (Å²) in [6, 6.07) is 6.26. The molecule has 0 fully saturated rings. The number of benzene rings is 1. The van der Waals surface area contributed by atoms with E-state index in [-0.39, 0.29) is 17.4 Å². The molecule has 0 heterocycles. The standard InChI is InChI=1S/C16H25NO3/c1-15(2,3)12-8-7-11(10-19-14(18)20-17)13(9-12)16(4,5)6/h7-9H,10,17H2,1-6H3. The molecule has 0 aliphatic heterocycles. The molecule has 0 saturated heterocycles. The second-order valence-electron chi connectivity index (χ2n) is 7.03. The fraction of sp³-hybridized carbons (Fsp3) is 0.562. The molecule has 0 aliphatic rings. The van der Waals surface area contributed by atoms with Crippen LogP contribution in [0.3, 0.4) is 0 Å². The van der Waals surface area contributed by atoms with Crippen LogP contribution in [0.25, 0.3) is 0 Å². The van der Waals surface area contributed by atoms with Gasteiger partial charge in [0, 0.05) is 0 Å². The average Bonchev–Trinajstić information content (AvgIpc) is 2.33. The van der Waals surface area contributed by atoms with E-state index in [9.17, 15) is 4.79 Å². The molecule has 4 nitrogen and oxygen atoms in total. The van der Waals surface area contributed by atoms with Crippen LogP contribution in [0.4, 0.5) is 4.79 Å². The van der Waals surface area contributed by atoms with E-state index in [1.54, 1.807) is 0 Å². The van der Waals surface area contributed by atoms with Crippen molar-refractivity contribution in [2.24, 2.45) is 5.90 Å². The lowest BCUT2D eigenvalue weighted by Gasteiger charge is -2.27. The van der Waals surface area contributed by atoms with Crippen molar-refractivity contribution in [3.8, 4) is 0 Å². The largest absolute Gasteiger partial charge is 0.527 e.